The SMILES string of the molecule is COc1ccc(-c2noc(CN3CCC(C(=O)NC4CC4)CC3)n2)cc1OC. The molecule has 1 aliphatic carbocycles. The molecule has 1 saturated heterocycles. The van der Waals surface area contributed by atoms with Crippen molar-refractivity contribution in [2.24, 2.45) is 5.92 Å². The number of carbonyl (C=O) groups excluding carboxylic acids is 1. The normalized spacial score (nSPS) is 18.1. The predicted molar refractivity (Wildman–Crippen MR) is 102 cm³/mol. The average molecular weight is 386 g/mol. The van der Waals surface area contributed by atoms with Crippen LogP contribution < -0.4 is 14.8 Å². The van der Waals surface area contributed by atoms with Gasteiger partial charge in [0, 0.05) is 17.5 Å². The standard InChI is InChI=1S/C20H26N4O4/c1-26-16-6-3-14(11-17(16)27-2)19-22-18(28-23-19)12-24-9-7-13(8-10-24)20(25)21-15-4-5-15/h3,6,11,13,15H,4-5,7-10,12H2,1-2H3,(H,21,25). The van der Waals surface area contributed by atoms with Crippen molar-refractivity contribution in [1.82, 2.24) is 20.4 Å². The highest BCUT2D eigenvalue weighted by Gasteiger charge is 2.30. The largest absolute Gasteiger partial charge is 0.493 e. The van der Waals surface area contributed by atoms with E-state index < -0.39 is 0 Å². The summed E-state index contributed by atoms with van der Waals surface area (Å²) in [5, 5.41) is 7.20. The molecule has 0 radical (unpaired) electrons. The van der Waals surface area contributed by atoms with Crippen molar-refractivity contribution in [3.8, 4) is 22.9 Å². The van der Waals surface area contributed by atoms with E-state index in [9.17, 15) is 4.79 Å². The van der Waals surface area contributed by atoms with E-state index in [2.05, 4.69) is 20.4 Å². The van der Waals surface area contributed by atoms with E-state index in [1.807, 2.05) is 18.2 Å². The molecule has 2 aliphatic rings. The van der Waals surface area contributed by atoms with E-state index in [1.165, 1.54) is 0 Å². The van der Waals surface area contributed by atoms with Gasteiger partial charge in [0.05, 0.1) is 20.8 Å². The molecule has 1 N–H and O–H groups in total. The van der Waals surface area contributed by atoms with E-state index in [4.69, 9.17) is 14.0 Å². The molecule has 8 nitrogen and oxygen atoms in total. The first-order valence-corrected chi connectivity index (χ1v) is 9.74. The Morgan fingerprint density at radius 1 is 1.18 bits per heavy atom. The van der Waals surface area contributed by atoms with Gasteiger partial charge in [-0.3, -0.25) is 9.69 Å². The van der Waals surface area contributed by atoms with Gasteiger partial charge in [0.1, 0.15) is 0 Å². The zero-order valence-electron chi connectivity index (χ0n) is 16.3. The molecule has 2 aromatic rings. The Morgan fingerprint density at radius 2 is 1.93 bits per heavy atom. The summed E-state index contributed by atoms with van der Waals surface area (Å²) in [5.41, 5.74) is 0.808. The van der Waals surface area contributed by atoms with Gasteiger partial charge in [-0.1, -0.05) is 5.16 Å². The van der Waals surface area contributed by atoms with Crippen molar-refractivity contribution in [3.05, 3.63) is 24.1 Å². The summed E-state index contributed by atoms with van der Waals surface area (Å²) >= 11 is 0. The van der Waals surface area contributed by atoms with Crippen LogP contribution in [0.25, 0.3) is 11.4 Å². The fraction of sp³-hybridized carbons (Fsp3) is 0.550. The van der Waals surface area contributed by atoms with Crippen molar-refractivity contribution in [1.29, 1.82) is 0 Å². The first-order chi connectivity index (χ1) is 13.7. The maximum absolute atomic E-state index is 12.2. The molecule has 28 heavy (non-hydrogen) atoms. The second-order valence-electron chi connectivity index (χ2n) is 7.41. The minimum Gasteiger partial charge on any atom is -0.493 e. The zero-order valence-corrected chi connectivity index (χ0v) is 16.3. The number of rotatable bonds is 7. The Labute approximate surface area is 164 Å². The van der Waals surface area contributed by atoms with Crippen molar-refractivity contribution in [2.75, 3.05) is 27.3 Å². The molecule has 0 spiro atoms. The topological polar surface area (TPSA) is 89.7 Å². The lowest BCUT2D eigenvalue weighted by Gasteiger charge is -2.30. The van der Waals surface area contributed by atoms with Gasteiger partial charge in [-0.15, -0.1) is 0 Å². The molecule has 4 rings (SSSR count). The van der Waals surface area contributed by atoms with Gasteiger partial charge < -0.3 is 19.3 Å². The van der Waals surface area contributed by atoms with E-state index >= 15 is 0 Å². The number of piperidine rings is 1. The second-order valence-corrected chi connectivity index (χ2v) is 7.41. The van der Waals surface area contributed by atoms with Crippen molar-refractivity contribution in [3.63, 3.8) is 0 Å². The van der Waals surface area contributed by atoms with Gasteiger partial charge in [0.15, 0.2) is 11.5 Å². The number of amides is 1. The Hall–Kier alpha value is -2.61. The third kappa shape index (κ3) is 4.27. The van der Waals surface area contributed by atoms with Crippen LogP contribution in [0.1, 0.15) is 31.6 Å². The third-order valence-corrected chi connectivity index (χ3v) is 5.35. The number of aromatic nitrogens is 2. The Balaban J connectivity index is 1.33. The molecule has 0 bridgehead atoms. The summed E-state index contributed by atoms with van der Waals surface area (Å²) < 4.78 is 16.0. The molecule has 1 aromatic carbocycles. The summed E-state index contributed by atoms with van der Waals surface area (Å²) in [6.07, 6.45) is 4.00. The summed E-state index contributed by atoms with van der Waals surface area (Å²) in [5.74, 6) is 2.72. The summed E-state index contributed by atoms with van der Waals surface area (Å²) in [6, 6.07) is 5.96. The summed E-state index contributed by atoms with van der Waals surface area (Å²) in [7, 11) is 3.19. The highest BCUT2D eigenvalue weighted by molar-refractivity contribution is 5.79. The van der Waals surface area contributed by atoms with Crippen LogP contribution in [0.4, 0.5) is 0 Å². The van der Waals surface area contributed by atoms with Gasteiger partial charge in [0.2, 0.25) is 17.6 Å². The molecule has 2 fully saturated rings. The zero-order chi connectivity index (χ0) is 19.5. The van der Waals surface area contributed by atoms with E-state index in [0.717, 1.165) is 44.3 Å². The highest BCUT2D eigenvalue weighted by atomic mass is 16.5. The molecular formula is C20H26N4O4. The van der Waals surface area contributed by atoms with E-state index in [1.54, 1.807) is 14.2 Å². The number of benzene rings is 1. The number of carbonyl (C=O) groups is 1. The lowest BCUT2D eigenvalue weighted by Crippen LogP contribution is -2.40. The first kappa shape index (κ1) is 18.7. The fourth-order valence-corrected chi connectivity index (χ4v) is 3.50. The molecule has 1 aromatic heterocycles. The van der Waals surface area contributed by atoms with Crippen LogP contribution in [-0.4, -0.2) is 54.3 Å². The lowest BCUT2D eigenvalue weighted by molar-refractivity contribution is -0.126. The molecule has 150 valence electrons. The molecule has 1 aliphatic heterocycles. The molecule has 0 unspecified atom stereocenters. The Bertz CT molecular complexity index is 825. The van der Waals surface area contributed by atoms with Crippen LogP contribution in [0.2, 0.25) is 0 Å². The van der Waals surface area contributed by atoms with E-state index in [-0.39, 0.29) is 11.8 Å². The maximum Gasteiger partial charge on any atom is 0.241 e. The highest BCUT2D eigenvalue weighted by Crippen LogP contribution is 2.31. The Morgan fingerprint density at radius 3 is 2.61 bits per heavy atom. The van der Waals surface area contributed by atoms with Crippen LogP contribution in [-0.2, 0) is 11.3 Å². The van der Waals surface area contributed by atoms with Gasteiger partial charge >= 0.3 is 0 Å². The van der Waals surface area contributed by atoms with Crippen LogP contribution >= 0.6 is 0 Å². The number of hydrogen-bond donors (Lipinski definition) is 1. The molecular weight excluding hydrogens is 360 g/mol. The second kappa shape index (κ2) is 8.18. The van der Waals surface area contributed by atoms with Crippen molar-refractivity contribution >= 4 is 5.91 Å². The number of hydrogen-bond acceptors (Lipinski definition) is 7. The van der Waals surface area contributed by atoms with Crippen LogP contribution in [0, 0.1) is 5.92 Å². The van der Waals surface area contributed by atoms with Crippen molar-refractivity contribution < 1.29 is 18.8 Å². The minimum atomic E-state index is 0.127. The van der Waals surface area contributed by atoms with Gasteiger partial charge in [-0.05, 0) is 57.0 Å². The monoisotopic (exact) mass is 386 g/mol. The first-order valence-electron chi connectivity index (χ1n) is 9.74. The Kier molecular flexibility index (Phi) is 5.47. The number of nitrogens with zero attached hydrogens (tertiary/aromatic N) is 3. The van der Waals surface area contributed by atoms with Gasteiger partial charge in [0.25, 0.3) is 0 Å². The fourth-order valence-electron chi connectivity index (χ4n) is 3.50. The van der Waals surface area contributed by atoms with Crippen LogP contribution in [0.5, 0.6) is 11.5 Å². The number of likely N-dealkylation sites (tertiary alicyclic amines) is 1. The van der Waals surface area contributed by atoms with E-state index in [0.29, 0.717) is 35.8 Å². The lowest BCUT2D eigenvalue weighted by atomic mass is 9.96. The molecule has 2 heterocycles. The van der Waals surface area contributed by atoms with Crippen LogP contribution in [0.15, 0.2) is 22.7 Å². The van der Waals surface area contributed by atoms with Crippen LogP contribution in [0.3, 0.4) is 0 Å². The smallest absolute Gasteiger partial charge is 0.241 e. The van der Waals surface area contributed by atoms with Crippen molar-refractivity contribution in [2.45, 2.75) is 38.3 Å². The molecule has 1 amide bonds. The number of nitrogens with one attached hydrogen (secondary N) is 1. The summed E-state index contributed by atoms with van der Waals surface area (Å²) in [6.45, 7) is 2.31. The maximum atomic E-state index is 12.2. The summed E-state index contributed by atoms with van der Waals surface area (Å²) in [4.78, 5) is 19.0. The van der Waals surface area contributed by atoms with Gasteiger partial charge in [-0.25, -0.2) is 0 Å². The molecule has 1 saturated carbocycles. The average Bonchev–Trinajstić information content (AvgIpc) is 3.42. The predicted octanol–water partition coefficient (Wildman–Crippen LogP) is 2.24. The molecule has 0 atom stereocenters. The third-order valence-electron chi connectivity index (χ3n) is 5.35. The minimum absolute atomic E-state index is 0.127. The quantitative estimate of drug-likeness (QED) is 0.780. The van der Waals surface area contributed by atoms with Gasteiger partial charge in [-0.2, -0.15) is 4.98 Å². The molecule has 8 heteroatoms. The number of ether oxygens (including phenoxy) is 2. The number of methoxy groups -OCH3 is 2.